The second kappa shape index (κ2) is 5.38. The Morgan fingerprint density at radius 2 is 1.96 bits per heavy atom. The van der Waals surface area contributed by atoms with Crippen molar-refractivity contribution in [1.29, 1.82) is 0 Å². The molecule has 2 N–H and O–H groups in total. The molecule has 4 rings (SSSR count). The molecule has 5 nitrogen and oxygen atoms in total. The number of rotatable bonds is 3. The number of carboxylic acid groups (broad SMARTS) is 1. The summed E-state index contributed by atoms with van der Waals surface area (Å²) >= 11 is 0. The van der Waals surface area contributed by atoms with E-state index in [1.54, 1.807) is 4.68 Å². The van der Waals surface area contributed by atoms with Crippen molar-refractivity contribution in [3.63, 3.8) is 0 Å². The number of aromatic nitrogens is 3. The fourth-order valence-electron chi connectivity index (χ4n) is 2.89. The van der Waals surface area contributed by atoms with Gasteiger partial charge in [0.25, 0.3) is 0 Å². The molecule has 24 heavy (non-hydrogen) atoms. The van der Waals surface area contributed by atoms with Crippen LogP contribution in [0.15, 0.2) is 60.9 Å². The Morgan fingerprint density at radius 1 is 1.17 bits per heavy atom. The van der Waals surface area contributed by atoms with E-state index in [4.69, 9.17) is 5.11 Å². The predicted molar refractivity (Wildman–Crippen MR) is 92.6 cm³/mol. The summed E-state index contributed by atoms with van der Waals surface area (Å²) in [5.41, 5.74) is 5.35. The van der Waals surface area contributed by atoms with Gasteiger partial charge in [-0.15, -0.1) is 0 Å². The van der Waals surface area contributed by atoms with Crippen LogP contribution in [0, 0.1) is 6.92 Å². The summed E-state index contributed by atoms with van der Waals surface area (Å²) in [7, 11) is 0. The van der Waals surface area contributed by atoms with E-state index in [-0.39, 0.29) is 5.56 Å². The first kappa shape index (κ1) is 14.3. The Kier molecular flexibility index (Phi) is 3.20. The number of hydrogen-bond donors (Lipinski definition) is 2. The van der Waals surface area contributed by atoms with Crippen LogP contribution in [0.5, 0.6) is 0 Å². The van der Waals surface area contributed by atoms with Crippen LogP contribution in [0.4, 0.5) is 0 Å². The number of fused-ring (bicyclic) bond motifs is 1. The van der Waals surface area contributed by atoms with Gasteiger partial charge in [0.2, 0.25) is 0 Å². The van der Waals surface area contributed by atoms with Crippen molar-refractivity contribution in [2.45, 2.75) is 6.92 Å². The first-order valence-electron chi connectivity index (χ1n) is 7.59. The first-order valence-corrected chi connectivity index (χ1v) is 7.59. The highest BCUT2D eigenvalue weighted by molar-refractivity contribution is 5.90. The molecule has 0 unspecified atom stereocenters. The summed E-state index contributed by atoms with van der Waals surface area (Å²) < 4.78 is 1.59. The number of H-pyrrole nitrogens is 1. The molecule has 2 aromatic carbocycles. The highest BCUT2D eigenvalue weighted by Gasteiger charge is 2.11. The molecule has 0 amide bonds. The van der Waals surface area contributed by atoms with Crippen LogP contribution in [0.1, 0.15) is 15.9 Å². The van der Waals surface area contributed by atoms with Gasteiger partial charge in [-0.3, -0.25) is 0 Å². The van der Waals surface area contributed by atoms with Gasteiger partial charge in [0, 0.05) is 22.8 Å². The molecule has 5 heteroatoms. The van der Waals surface area contributed by atoms with Crippen LogP contribution in [-0.4, -0.2) is 25.8 Å². The number of benzene rings is 2. The van der Waals surface area contributed by atoms with Gasteiger partial charge >= 0.3 is 5.97 Å². The quantitative estimate of drug-likeness (QED) is 0.599. The van der Waals surface area contributed by atoms with Gasteiger partial charge < -0.3 is 10.1 Å². The molecule has 0 radical (unpaired) electrons. The molecule has 0 atom stereocenters. The molecule has 118 valence electrons. The summed E-state index contributed by atoms with van der Waals surface area (Å²) in [6.45, 7) is 2.03. The Bertz CT molecular complexity index is 1050. The van der Waals surface area contributed by atoms with Crippen molar-refractivity contribution in [3.05, 3.63) is 72.1 Å². The monoisotopic (exact) mass is 317 g/mol. The maximum absolute atomic E-state index is 11.0. The Hall–Kier alpha value is -3.34. The third kappa shape index (κ3) is 2.36. The number of nitrogens with one attached hydrogen (secondary N) is 1. The number of aromatic amines is 1. The van der Waals surface area contributed by atoms with Gasteiger partial charge in [-0.2, -0.15) is 5.10 Å². The number of hydrogen-bond acceptors (Lipinski definition) is 2. The minimum absolute atomic E-state index is 0.173. The van der Waals surface area contributed by atoms with Gasteiger partial charge in [-0.1, -0.05) is 30.3 Å². The van der Waals surface area contributed by atoms with Gasteiger partial charge in [0.15, 0.2) is 0 Å². The standard InChI is InChI=1S/C19H15N3O2/c1-12-7-16(22-11-15(10-20-22)19(23)24)8-14-9-17(21-18(12)14)13-5-3-2-4-6-13/h2-11,21H,1H3,(H,23,24). The molecule has 0 saturated carbocycles. The highest BCUT2D eigenvalue weighted by atomic mass is 16.4. The topological polar surface area (TPSA) is 70.9 Å². The maximum Gasteiger partial charge on any atom is 0.338 e. The molecular weight excluding hydrogens is 302 g/mol. The van der Waals surface area contributed by atoms with E-state index in [9.17, 15) is 4.79 Å². The molecule has 0 fully saturated rings. The molecule has 0 aliphatic heterocycles. The second-order valence-electron chi connectivity index (χ2n) is 5.75. The number of carboxylic acids is 1. The SMILES string of the molecule is Cc1cc(-n2cc(C(=O)O)cn2)cc2cc(-c3ccccc3)[nH]c12. The van der Waals surface area contributed by atoms with Crippen LogP contribution >= 0.6 is 0 Å². The van der Waals surface area contributed by atoms with Gasteiger partial charge in [0.1, 0.15) is 0 Å². The van der Waals surface area contributed by atoms with E-state index in [1.165, 1.54) is 12.4 Å². The average molecular weight is 317 g/mol. The van der Waals surface area contributed by atoms with Crippen LogP contribution in [0.25, 0.3) is 27.8 Å². The normalized spacial score (nSPS) is 11.0. The third-order valence-corrected chi connectivity index (χ3v) is 4.09. The van der Waals surface area contributed by atoms with E-state index in [0.29, 0.717) is 0 Å². The van der Waals surface area contributed by atoms with E-state index >= 15 is 0 Å². The molecule has 0 spiro atoms. The molecule has 0 bridgehead atoms. The largest absolute Gasteiger partial charge is 0.478 e. The molecule has 4 aromatic rings. The summed E-state index contributed by atoms with van der Waals surface area (Å²) in [5.74, 6) is -0.980. The molecule has 2 heterocycles. The van der Waals surface area contributed by atoms with Crippen LogP contribution in [-0.2, 0) is 0 Å². The summed E-state index contributed by atoms with van der Waals surface area (Å²) in [6.07, 6.45) is 2.88. The zero-order valence-corrected chi connectivity index (χ0v) is 13.0. The number of nitrogens with zero attached hydrogens (tertiary/aromatic N) is 2. The number of carbonyl (C=O) groups is 1. The van der Waals surface area contributed by atoms with Crippen molar-refractivity contribution in [2.75, 3.05) is 0 Å². The van der Waals surface area contributed by atoms with Gasteiger partial charge in [-0.05, 0) is 36.2 Å². The Labute approximate surface area is 138 Å². The van der Waals surface area contributed by atoms with E-state index in [2.05, 4.69) is 28.3 Å². The van der Waals surface area contributed by atoms with Crippen LogP contribution in [0.3, 0.4) is 0 Å². The molecular formula is C19H15N3O2. The van der Waals surface area contributed by atoms with E-state index in [1.807, 2.05) is 37.3 Å². The van der Waals surface area contributed by atoms with Crippen molar-refractivity contribution < 1.29 is 9.90 Å². The first-order chi connectivity index (χ1) is 11.6. The van der Waals surface area contributed by atoms with E-state index < -0.39 is 5.97 Å². The Morgan fingerprint density at radius 3 is 2.67 bits per heavy atom. The number of aryl methyl sites for hydroxylation is 1. The second-order valence-corrected chi connectivity index (χ2v) is 5.75. The van der Waals surface area contributed by atoms with Crippen molar-refractivity contribution >= 4 is 16.9 Å². The lowest BCUT2D eigenvalue weighted by Crippen LogP contribution is -1.96. The molecule has 2 aromatic heterocycles. The summed E-state index contributed by atoms with van der Waals surface area (Å²) in [5, 5.41) is 14.3. The molecule has 0 saturated heterocycles. The average Bonchev–Trinajstić information content (AvgIpc) is 3.23. The fraction of sp³-hybridized carbons (Fsp3) is 0.0526. The van der Waals surface area contributed by atoms with Crippen molar-refractivity contribution in [2.24, 2.45) is 0 Å². The van der Waals surface area contributed by atoms with Gasteiger partial charge in [0.05, 0.1) is 17.4 Å². The minimum atomic E-state index is -0.980. The fourth-order valence-corrected chi connectivity index (χ4v) is 2.89. The van der Waals surface area contributed by atoms with Crippen LogP contribution < -0.4 is 0 Å². The number of aromatic carboxylic acids is 1. The Balaban J connectivity index is 1.83. The van der Waals surface area contributed by atoms with Gasteiger partial charge in [-0.25, -0.2) is 9.48 Å². The predicted octanol–water partition coefficient (Wildman–Crippen LogP) is 4.03. The zero-order valence-electron chi connectivity index (χ0n) is 13.0. The summed E-state index contributed by atoms with van der Waals surface area (Å²) in [6, 6.07) is 16.2. The minimum Gasteiger partial charge on any atom is -0.478 e. The van der Waals surface area contributed by atoms with E-state index in [0.717, 1.165) is 33.4 Å². The summed E-state index contributed by atoms with van der Waals surface area (Å²) in [4.78, 5) is 14.5. The third-order valence-electron chi connectivity index (χ3n) is 4.09. The smallest absolute Gasteiger partial charge is 0.338 e. The van der Waals surface area contributed by atoms with Crippen LogP contribution in [0.2, 0.25) is 0 Å². The zero-order chi connectivity index (χ0) is 16.7. The lowest BCUT2D eigenvalue weighted by Gasteiger charge is -2.04. The van der Waals surface area contributed by atoms with Crippen molar-refractivity contribution in [3.8, 4) is 16.9 Å². The lowest BCUT2D eigenvalue weighted by atomic mass is 10.1. The van der Waals surface area contributed by atoms with Crippen molar-refractivity contribution in [1.82, 2.24) is 14.8 Å². The lowest BCUT2D eigenvalue weighted by molar-refractivity contribution is 0.0697. The maximum atomic E-state index is 11.0. The molecule has 0 aliphatic carbocycles. The molecule has 0 aliphatic rings. The highest BCUT2D eigenvalue weighted by Crippen LogP contribution is 2.28.